The second-order valence-corrected chi connectivity index (χ2v) is 5.85. The summed E-state index contributed by atoms with van der Waals surface area (Å²) in [6, 6.07) is 7.20. The Morgan fingerprint density at radius 2 is 2.39 bits per heavy atom. The highest BCUT2D eigenvalue weighted by Gasteiger charge is 2.28. The van der Waals surface area contributed by atoms with E-state index in [9.17, 15) is 4.39 Å². The Kier molecular flexibility index (Phi) is 3.31. The van der Waals surface area contributed by atoms with Gasteiger partial charge in [0, 0.05) is 5.39 Å². The zero-order valence-corrected chi connectivity index (χ0v) is 11.1. The van der Waals surface area contributed by atoms with Crippen LogP contribution in [-0.2, 0) is 0 Å². The fourth-order valence-corrected chi connectivity index (χ4v) is 3.92. The van der Waals surface area contributed by atoms with Crippen molar-refractivity contribution < 1.29 is 8.81 Å². The monoisotopic (exact) mass is 265 g/mol. The minimum Gasteiger partial charge on any atom is -0.456 e. The predicted molar refractivity (Wildman–Crippen MR) is 73.4 cm³/mol. The van der Waals surface area contributed by atoms with E-state index >= 15 is 0 Å². The van der Waals surface area contributed by atoms with Crippen LogP contribution in [0.15, 0.2) is 28.7 Å². The Bertz CT molecular complexity index is 548. The van der Waals surface area contributed by atoms with Gasteiger partial charge in [0.1, 0.15) is 5.76 Å². The van der Waals surface area contributed by atoms with Crippen molar-refractivity contribution >= 4 is 22.7 Å². The summed E-state index contributed by atoms with van der Waals surface area (Å²) in [5.41, 5.74) is 0.374. The second kappa shape index (κ2) is 4.94. The molecule has 96 valence electrons. The molecule has 2 atom stereocenters. The first-order valence-corrected chi connectivity index (χ1v) is 7.38. The van der Waals surface area contributed by atoms with E-state index in [1.807, 2.05) is 30.9 Å². The lowest BCUT2D eigenvalue weighted by atomic mass is 9.97. The summed E-state index contributed by atoms with van der Waals surface area (Å²) in [6.07, 6.45) is 1.19. The maximum Gasteiger partial charge on any atom is 0.169 e. The van der Waals surface area contributed by atoms with Gasteiger partial charge in [-0.05, 0) is 43.0 Å². The third kappa shape index (κ3) is 2.04. The molecule has 1 aromatic carbocycles. The van der Waals surface area contributed by atoms with E-state index < -0.39 is 0 Å². The number of nitrogens with one attached hydrogen (secondary N) is 1. The highest BCUT2D eigenvalue weighted by atomic mass is 32.2. The number of fused-ring (bicyclic) bond motifs is 1. The van der Waals surface area contributed by atoms with Gasteiger partial charge >= 0.3 is 0 Å². The minimum absolute atomic E-state index is 0.187. The summed E-state index contributed by atoms with van der Waals surface area (Å²) < 4.78 is 19.3. The lowest BCUT2D eigenvalue weighted by molar-refractivity contribution is 0.354. The van der Waals surface area contributed by atoms with Gasteiger partial charge in [-0.1, -0.05) is 12.1 Å². The van der Waals surface area contributed by atoms with E-state index in [-0.39, 0.29) is 11.9 Å². The SMILES string of the molecule is CNC(c1cc2cccc(F)c2o1)C1CCSC1. The Morgan fingerprint density at radius 1 is 1.50 bits per heavy atom. The van der Waals surface area contributed by atoms with Gasteiger partial charge in [0.05, 0.1) is 6.04 Å². The van der Waals surface area contributed by atoms with E-state index in [1.165, 1.54) is 18.2 Å². The number of furan rings is 1. The van der Waals surface area contributed by atoms with Crippen LogP contribution in [0.25, 0.3) is 11.0 Å². The summed E-state index contributed by atoms with van der Waals surface area (Å²) in [5, 5.41) is 4.15. The van der Waals surface area contributed by atoms with Gasteiger partial charge in [0.15, 0.2) is 11.4 Å². The highest BCUT2D eigenvalue weighted by Crippen LogP contribution is 2.36. The molecule has 1 fully saturated rings. The molecule has 0 bridgehead atoms. The first-order valence-electron chi connectivity index (χ1n) is 6.22. The molecule has 1 aromatic heterocycles. The fraction of sp³-hybridized carbons (Fsp3) is 0.429. The maximum absolute atomic E-state index is 13.6. The molecule has 18 heavy (non-hydrogen) atoms. The number of benzene rings is 1. The molecule has 2 nitrogen and oxygen atoms in total. The van der Waals surface area contributed by atoms with Crippen LogP contribution >= 0.6 is 11.8 Å². The predicted octanol–water partition coefficient (Wildman–Crippen LogP) is 3.59. The van der Waals surface area contributed by atoms with Crippen LogP contribution in [-0.4, -0.2) is 18.6 Å². The van der Waals surface area contributed by atoms with Crippen molar-refractivity contribution in [2.75, 3.05) is 18.6 Å². The number of halogens is 1. The quantitative estimate of drug-likeness (QED) is 0.918. The molecule has 0 aliphatic carbocycles. The van der Waals surface area contributed by atoms with Gasteiger partial charge in [0.2, 0.25) is 0 Å². The summed E-state index contributed by atoms with van der Waals surface area (Å²) in [5.74, 6) is 3.49. The molecule has 2 aromatic rings. The number of hydrogen-bond donors (Lipinski definition) is 1. The average Bonchev–Trinajstić information content (AvgIpc) is 3.00. The minimum atomic E-state index is -0.283. The summed E-state index contributed by atoms with van der Waals surface area (Å²) in [6.45, 7) is 0. The van der Waals surface area contributed by atoms with Crippen molar-refractivity contribution in [3.05, 3.63) is 35.8 Å². The first kappa shape index (κ1) is 12.1. The molecule has 0 amide bonds. The Labute approximate surface area is 110 Å². The Morgan fingerprint density at radius 3 is 3.06 bits per heavy atom. The summed E-state index contributed by atoms with van der Waals surface area (Å²) in [7, 11) is 1.94. The zero-order valence-electron chi connectivity index (χ0n) is 10.3. The lowest BCUT2D eigenvalue weighted by Gasteiger charge is -2.19. The van der Waals surface area contributed by atoms with Crippen molar-refractivity contribution in [1.29, 1.82) is 0 Å². The topological polar surface area (TPSA) is 25.2 Å². The van der Waals surface area contributed by atoms with Crippen molar-refractivity contribution in [2.45, 2.75) is 12.5 Å². The van der Waals surface area contributed by atoms with E-state index in [1.54, 1.807) is 6.07 Å². The molecule has 1 N–H and O–H groups in total. The molecule has 3 rings (SSSR count). The van der Waals surface area contributed by atoms with Gasteiger partial charge in [0.25, 0.3) is 0 Å². The standard InChI is InChI=1S/C14H16FNOS/c1-16-13(10-5-6-18-8-10)12-7-9-3-2-4-11(15)14(9)17-12/h2-4,7,10,13,16H,5-6,8H2,1H3. The number of thioether (sulfide) groups is 1. The lowest BCUT2D eigenvalue weighted by Crippen LogP contribution is -2.24. The summed E-state index contributed by atoms with van der Waals surface area (Å²) in [4.78, 5) is 0. The van der Waals surface area contributed by atoms with E-state index in [0.29, 0.717) is 11.5 Å². The summed E-state index contributed by atoms with van der Waals surface area (Å²) >= 11 is 1.97. The van der Waals surface area contributed by atoms with E-state index in [0.717, 1.165) is 16.9 Å². The smallest absolute Gasteiger partial charge is 0.169 e. The van der Waals surface area contributed by atoms with E-state index in [2.05, 4.69) is 5.32 Å². The van der Waals surface area contributed by atoms with Gasteiger partial charge in [-0.25, -0.2) is 4.39 Å². The number of para-hydroxylation sites is 1. The molecule has 1 aliphatic rings. The van der Waals surface area contributed by atoms with Gasteiger partial charge in [-0.15, -0.1) is 0 Å². The van der Waals surface area contributed by atoms with Crippen LogP contribution in [0, 0.1) is 11.7 Å². The van der Waals surface area contributed by atoms with Gasteiger partial charge < -0.3 is 9.73 Å². The molecule has 0 saturated carbocycles. The van der Waals surface area contributed by atoms with Gasteiger partial charge in [-0.2, -0.15) is 11.8 Å². The van der Waals surface area contributed by atoms with Crippen molar-refractivity contribution in [3.8, 4) is 0 Å². The molecular weight excluding hydrogens is 249 g/mol. The van der Waals surface area contributed by atoms with Crippen LogP contribution in [0.4, 0.5) is 4.39 Å². The third-order valence-electron chi connectivity index (χ3n) is 3.57. The largest absolute Gasteiger partial charge is 0.456 e. The maximum atomic E-state index is 13.6. The van der Waals surface area contributed by atoms with E-state index in [4.69, 9.17) is 4.42 Å². The molecule has 1 aliphatic heterocycles. The molecule has 0 spiro atoms. The third-order valence-corrected chi connectivity index (χ3v) is 4.76. The van der Waals surface area contributed by atoms with Crippen LogP contribution in [0.5, 0.6) is 0 Å². The van der Waals surface area contributed by atoms with Crippen LogP contribution in [0.2, 0.25) is 0 Å². The molecule has 4 heteroatoms. The molecule has 2 unspecified atom stereocenters. The molecule has 0 radical (unpaired) electrons. The average molecular weight is 265 g/mol. The number of rotatable bonds is 3. The molecule has 2 heterocycles. The van der Waals surface area contributed by atoms with Crippen molar-refractivity contribution in [1.82, 2.24) is 5.32 Å². The van der Waals surface area contributed by atoms with Crippen molar-refractivity contribution in [3.63, 3.8) is 0 Å². The molecular formula is C14H16FNOS. The zero-order chi connectivity index (χ0) is 12.5. The van der Waals surface area contributed by atoms with Crippen LogP contribution < -0.4 is 5.32 Å². The highest BCUT2D eigenvalue weighted by molar-refractivity contribution is 7.99. The second-order valence-electron chi connectivity index (χ2n) is 4.70. The van der Waals surface area contributed by atoms with Crippen LogP contribution in [0.1, 0.15) is 18.2 Å². The number of hydrogen-bond acceptors (Lipinski definition) is 3. The van der Waals surface area contributed by atoms with Crippen molar-refractivity contribution in [2.24, 2.45) is 5.92 Å². The van der Waals surface area contributed by atoms with Gasteiger partial charge in [-0.3, -0.25) is 0 Å². The first-order chi connectivity index (χ1) is 8.79. The molecule has 1 saturated heterocycles. The fourth-order valence-electron chi connectivity index (χ4n) is 2.63. The normalized spacial score (nSPS) is 21.6. The van der Waals surface area contributed by atoms with Crippen LogP contribution in [0.3, 0.4) is 0 Å². The Hall–Kier alpha value is -1.000. The Balaban J connectivity index is 1.99.